The molecule has 0 fully saturated rings. The highest BCUT2D eigenvalue weighted by molar-refractivity contribution is 6.30. The lowest BCUT2D eigenvalue weighted by Gasteiger charge is -2.12. The Hall–Kier alpha value is -1.22. The van der Waals surface area contributed by atoms with Crippen molar-refractivity contribution in [3.05, 3.63) is 34.6 Å². The van der Waals surface area contributed by atoms with E-state index in [1.807, 2.05) is 0 Å². The molecule has 4 heteroatoms. The van der Waals surface area contributed by atoms with Gasteiger partial charge in [0.1, 0.15) is 5.69 Å². The number of rotatable bonds is 4. The number of nitrogens with one attached hydrogen (secondary N) is 2. The van der Waals surface area contributed by atoms with Gasteiger partial charge >= 0.3 is 0 Å². The summed E-state index contributed by atoms with van der Waals surface area (Å²) in [5, 5.41) is 3.45. The van der Waals surface area contributed by atoms with Crippen LogP contribution in [0.15, 0.2) is 23.9 Å². The Morgan fingerprint density at radius 2 is 2.35 bits per heavy atom. The van der Waals surface area contributed by atoms with Crippen LogP contribution in [-0.4, -0.2) is 17.4 Å². The lowest BCUT2D eigenvalue weighted by molar-refractivity contribution is 0.0949. The van der Waals surface area contributed by atoms with Crippen molar-refractivity contribution in [3.8, 4) is 0 Å². The highest BCUT2D eigenvalue weighted by Gasteiger charge is 2.08. The summed E-state index contributed by atoms with van der Waals surface area (Å²) >= 11 is 5.74. The van der Waals surface area contributed by atoms with Crippen LogP contribution in [0.3, 0.4) is 0 Å². The first-order valence-electron chi connectivity index (χ1n) is 6.06. The van der Waals surface area contributed by atoms with Crippen LogP contribution in [-0.2, 0) is 0 Å². The molecule has 0 unspecified atom stereocenters. The van der Waals surface area contributed by atoms with E-state index in [-0.39, 0.29) is 5.91 Å². The Bertz CT molecular complexity index is 423. The number of H-pyrrole nitrogens is 1. The molecule has 1 aromatic rings. The van der Waals surface area contributed by atoms with E-state index in [9.17, 15) is 4.79 Å². The minimum Gasteiger partial charge on any atom is -0.356 e. The lowest BCUT2D eigenvalue weighted by atomic mass is 9.97. The van der Waals surface area contributed by atoms with E-state index in [0.29, 0.717) is 17.3 Å². The standard InChI is InChI=1S/C13H17ClN2O/c14-11-8-12(16-9-11)13(17)15-7-6-10-4-2-1-3-5-10/h4,8-9,16H,1-3,5-7H2,(H,15,17). The maximum atomic E-state index is 11.7. The third kappa shape index (κ3) is 3.63. The molecule has 0 spiro atoms. The van der Waals surface area contributed by atoms with Crippen LogP contribution in [0.4, 0.5) is 0 Å². The van der Waals surface area contributed by atoms with Crippen LogP contribution in [0.1, 0.15) is 42.6 Å². The lowest BCUT2D eigenvalue weighted by Crippen LogP contribution is -2.25. The SMILES string of the molecule is O=C(NCCC1=CCCCC1)c1cc(Cl)c[nH]1. The fourth-order valence-electron chi connectivity index (χ4n) is 2.06. The van der Waals surface area contributed by atoms with Crippen LogP contribution in [0.5, 0.6) is 0 Å². The molecule has 0 atom stereocenters. The van der Waals surface area contributed by atoms with Crippen molar-refractivity contribution in [2.45, 2.75) is 32.1 Å². The number of aromatic amines is 1. The summed E-state index contributed by atoms with van der Waals surface area (Å²) in [6.07, 6.45) is 9.84. The number of amides is 1. The van der Waals surface area contributed by atoms with E-state index in [1.165, 1.54) is 31.3 Å². The molecule has 2 N–H and O–H groups in total. The number of hydrogen-bond acceptors (Lipinski definition) is 1. The third-order valence-electron chi connectivity index (χ3n) is 3.01. The van der Waals surface area contributed by atoms with Crippen molar-refractivity contribution in [1.29, 1.82) is 0 Å². The van der Waals surface area contributed by atoms with Crippen molar-refractivity contribution < 1.29 is 4.79 Å². The Morgan fingerprint density at radius 3 is 3.00 bits per heavy atom. The first kappa shape index (κ1) is 12.2. The number of hydrogen-bond donors (Lipinski definition) is 2. The molecule has 1 heterocycles. The van der Waals surface area contributed by atoms with E-state index in [1.54, 1.807) is 12.3 Å². The van der Waals surface area contributed by atoms with Gasteiger partial charge in [0, 0.05) is 12.7 Å². The molecule has 92 valence electrons. The monoisotopic (exact) mass is 252 g/mol. The summed E-state index contributed by atoms with van der Waals surface area (Å²) in [6.45, 7) is 0.696. The van der Waals surface area contributed by atoms with E-state index < -0.39 is 0 Å². The summed E-state index contributed by atoms with van der Waals surface area (Å²) in [5.41, 5.74) is 1.99. The fourth-order valence-corrected chi connectivity index (χ4v) is 2.23. The number of carbonyl (C=O) groups excluding carboxylic acids is 1. The molecule has 0 saturated carbocycles. The average Bonchev–Trinajstić information content (AvgIpc) is 2.77. The van der Waals surface area contributed by atoms with Crippen LogP contribution in [0.25, 0.3) is 0 Å². The minimum absolute atomic E-state index is 0.0895. The molecular weight excluding hydrogens is 236 g/mol. The summed E-state index contributed by atoms with van der Waals surface area (Å²) in [7, 11) is 0. The van der Waals surface area contributed by atoms with Crippen LogP contribution in [0, 0.1) is 0 Å². The van der Waals surface area contributed by atoms with E-state index in [0.717, 1.165) is 6.42 Å². The fraction of sp³-hybridized carbons (Fsp3) is 0.462. The molecule has 1 aliphatic rings. The van der Waals surface area contributed by atoms with Crippen molar-refractivity contribution in [3.63, 3.8) is 0 Å². The topological polar surface area (TPSA) is 44.9 Å². The van der Waals surface area contributed by atoms with Gasteiger partial charge in [-0.2, -0.15) is 0 Å². The quantitative estimate of drug-likeness (QED) is 0.794. The third-order valence-corrected chi connectivity index (χ3v) is 3.23. The predicted octanol–water partition coefficient (Wildman–Crippen LogP) is 3.29. The van der Waals surface area contributed by atoms with Gasteiger partial charge in [0.15, 0.2) is 0 Å². The molecule has 1 amide bonds. The Labute approximate surface area is 106 Å². The van der Waals surface area contributed by atoms with Gasteiger partial charge in [-0.25, -0.2) is 0 Å². The second-order valence-corrected chi connectivity index (χ2v) is 4.78. The van der Waals surface area contributed by atoms with Crippen LogP contribution >= 0.6 is 11.6 Å². The smallest absolute Gasteiger partial charge is 0.267 e. The van der Waals surface area contributed by atoms with Crippen LogP contribution < -0.4 is 5.32 Å². The van der Waals surface area contributed by atoms with Crippen molar-refractivity contribution >= 4 is 17.5 Å². The highest BCUT2D eigenvalue weighted by atomic mass is 35.5. The molecule has 1 aliphatic carbocycles. The van der Waals surface area contributed by atoms with Crippen molar-refractivity contribution in [1.82, 2.24) is 10.3 Å². The normalized spacial score (nSPS) is 15.5. The van der Waals surface area contributed by atoms with Crippen LogP contribution in [0.2, 0.25) is 5.02 Å². The zero-order valence-electron chi connectivity index (χ0n) is 9.76. The molecule has 0 aliphatic heterocycles. The van der Waals surface area contributed by atoms with Gasteiger partial charge in [-0.05, 0) is 38.2 Å². The van der Waals surface area contributed by atoms with Gasteiger partial charge < -0.3 is 10.3 Å². The molecule has 0 saturated heterocycles. The summed E-state index contributed by atoms with van der Waals surface area (Å²) in [4.78, 5) is 14.5. The zero-order chi connectivity index (χ0) is 12.1. The second-order valence-electron chi connectivity index (χ2n) is 4.35. The van der Waals surface area contributed by atoms with Gasteiger partial charge in [-0.15, -0.1) is 0 Å². The average molecular weight is 253 g/mol. The summed E-state index contributed by atoms with van der Waals surface area (Å²) in [6, 6.07) is 1.64. The van der Waals surface area contributed by atoms with Gasteiger partial charge in [0.2, 0.25) is 0 Å². The first-order valence-corrected chi connectivity index (χ1v) is 6.43. The molecule has 2 rings (SSSR count). The molecule has 3 nitrogen and oxygen atoms in total. The minimum atomic E-state index is -0.0895. The molecule has 0 radical (unpaired) electrons. The highest BCUT2D eigenvalue weighted by Crippen LogP contribution is 2.19. The van der Waals surface area contributed by atoms with Gasteiger partial charge in [-0.1, -0.05) is 23.3 Å². The number of halogens is 1. The van der Waals surface area contributed by atoms with Gasteiger partial charge in [0.25, 0.3) is 5.91 Å². The van der Waals surface area contributed by atoms with Crippen molar-refractivity contribution in [2.75, 3.05) is 6.54 Å². The molecule has 17 heavy (non-hydrogen) atoms. The molecule has 1 aromatic heterocycles. The number of carbonyl (C=O) groups is 1. The Balaban J connectivity index is 1.75. The van der Waals surface area contributed by atoms with Gasteiger partial charge in [-0.3, -0.25) is 4.79 Å². The summed E-state index contributed by atoms with van der Waals surface area (Å²) < 4.78 is 0. The van der Waals surface area contributed by atoms with E-state index in [4.69, 9.17) is 11.6 Å². The number of allylic oxidation sites excluding steroid dienone is 1. The predicted molar refractivity (Wildman–Crippen MR) is 69.3 cm³/mol. The van der Waals surface area contributed by atoms with E-state index >= 15 is 0 Å². The molecule has 0 aromatic carbocycles. The number of aromatic nitrogens is 1. The largest absolute Gasteiger partial charge is 0.356 e. The Morgan fingerprint density at radius 1 is 1.47 bits per heavy atom. The first-order chi connectivity index (χ1) is 8.25. The maximum absolute atomic E-state index is 11.7. The Kier molecular flexibility index (Phi) is 4.26. The maximum Gasteiger partial charge on any atom is 0.267 e. The van der Waals surface area contributed by atoms with Gasteiger partial charge in [0.05, 0.1) is 5.02 Å². The molecular formula is C13H17ClN2O. The zero-order valence-corrected chi connectivity index (χ0v) is 10.5. The second kappa shape index (κ2) is 5.92. The van der Waals surface area contributed by atoms with Crippen molar-refractivity contribution in [2.24, 2.45) is 0 Å². The van der Waals surface area contributed by atoms with E-state index in [2.05, 4.69) is 16.4 Å². The molecule has 0 bridgehead atoms. The summed E-state index contributed by atoms with van der Waals surface area (Å²) in [5.74, 6) is -0.0895.